The molecule has 7 N–H and O–H groups in total. The van der Waals surface area contributed by atoms with Crippen molar-refractivity contribution < 1.29 is 29.4 Å². The number of aliphatic hydroxyl groups is 1. The summed E-state index contributed by atoms with van der Waals surface area (Å²) in [4.78, 5) is 57.6. The van der Waals surface area contributed by atoms with Crippen LogP contribution in [0.5, 0.6) is 0 Å². The van der Waals surface area contributed by atoms with E-state index in [9.17, 15) is 29.4 Å². The zero-order valence-corrected chi connectivity index (χ0v) is 27.7. The number of nitrogens with two attached hydrogens (primary N) is 1. The van der Waals surface area contributed by atoms with Crippen molar-refractivity contribution in [3.05, 3.63) is 71.9 Å². The van der Waals surface area contributed by atoms with Crippen LogP contribution >= 0.6 is 0 Å². The first-order chi connectivity index (χ1) is 22.4. The molecule has 1 aliphatic rings. The van der Waals surface area contributed by atoms with E-state index in [4.69, 9.17) is 5.73 Å². The third-order valence-electron chi connectivity index (χ3n) is 9.21. The van der Waals surface area contributed by atoms with Crippen LogP contribution in [0.25, 0.3) is 10.9 Å². The van der Waals surface area contributed by atoms with Crippen LogP contribution in [0.3, 0.4) is 0 Å². The number of carbonyl (C=O) groups is 4. The van der Waals surface area contributed by atoms with E-state index in [0.29, 0.717) is 25.8 Å². The van der Waals surface area contributed by atoms with Crippen molar-refractivity contribution in [1.29, 1.82) is 0 Å². The van der Waals surface area contributed by atoms with E-state index >= 15 is 0 Å². The monoisotopic (exact) mass is 647 g/mol. The number of aromatic nitrogens is 1. The lowest BCUT2D eigenvalue weighted by atomic mass is 9.86. The molecule has 1 aliphatic heterocycles. The number of para-hydroxylation sites is 1. The Bertz CT molecular complexity index is 1520. The standard InChI is InChI=1S/C36H49N5O6/c1-21(2)31(37)34(44)40-32(22(3)4)30(42)19-24(17-23-11-6-5-7-12-23)35(45)41-16-10-15-29(41)33(43)39-28(36(46)47)18-25-20-38-27-14-9-8-13-26(25)27/h5-9,11-14,20-22,24,28-32,38,42H,10,15-19,37H2,1-4H3,(H,39,43)(H,40,44)(H,46,47)/t24-,28+,29+,30+,31+,32+/m1/s1. The summed E-state index contributed by atoms with van der Waals surface area (Å²) in [5.74, 6) is -3.26. The van der Waals surface area contributed by atoms with Crippen molar-refractivity contribution in [3.8, 4) is 0 Å². The highest BCUT2D eigenvalue weighted by atomic mass is 16.4. The molecule has 0 aliphatic carbocycles. The van der Waals surface area contributed by atoms with Gasteiger partial charge in [0, 0.05) is 36.0 Å². The average Bonchev–Trinajstić information content (AvgIpc) is 3.70. The summed E-state index contributed by atoms with van der Waals surface area (Å²) in [7, 11) is 0. The van der Waals surface area contributed by atoms with Crippen molar-refractivity contribution in [3.63, 3.8) is 0 Å². The third kappa shape index (κ3) is 8.99. The highest BCUT2D eigenvalue weighted by molar-refractivity contribution is 5.92. The van der Waals surface area contributed by atoms with Gasteiger partial charge in [0.1, 0.15) is 12.1 Å². The van der Waals surface area contributed by atoms with Crippen molar-refractivity contribution in [2.75, 3.05) is 6.54 Å². The molecule has 3 amide bonds. The summed E-state index contributed by atoms with van der Waals surface area (Å²) in [5.41, 5.74) is 8.61. The number of H-pyrrole nitrogens is 1. The van der Waals surface area contributed by atoms with Crippen LogP contribution in [-0.4, -0.2) is 80.6 Å². The van der Waals surface area contributed by atoms with Crippen LogP contribution in [0, 0.1) is 17.8 Å². The minimum atomic E-state index is -1.19. The van der Waals surface area contributed by atoms with Crippen LogP contribution in [0.2, 0.25) is 0 Å². The number of likely N-dealkylation sites (tertiary alicyclic amines) is 1. The molecule has 4 rings (SSSR count). The van der Waals surface area contributed by atoms with Crippen LogP contribution in [0.4, 0.5) is 0 Å². The SMILES string of the molecule is CC(C)[C@H](N)C(=O)N[C@@H](C(C)C)[C@@H](O)C[C@@H](Cc1ccccc1)C(=O)N1CCC[C@H]1C(=O)N[C@@H](Cc1c[nH]c2ccccc12)C(=O)O. The minimum Gasteiger partial charge on any atom is -0.480 e. The Labute approximate surface area is 276 Å². The molecule has 11 nitrogen and oxygen atoms in total. The van der Waals surface area contributed by atoms with Gasteiger partial charge in [0.25, 0.3) is 0 Å². The van der Waals surface area contributed by atoms with Gasteiger partial charge in [-0.1, -0.05) is 76.2 Å². The maximum Gasteiger partial charge on any atom is 0.326 e. The lowest BCUT2D eigenvalue weighted by molar-refractivity contribution is -0.145. The number of carbonyl (C=O) groups excluding carboxylic acids is 3. The number of carboxylic acid groups (broad SMARTS) is 1. The fourth-order valence-electron chi connectivity index (χ4n) is 6.40. The second kappa shape index (κ2) is 16.1. The van der Waals surface area contributed by atoms with Gasteiger partial charge >= 0.3 is 5.97 Å². The molecule has 0 bridgehead atoms. The Hall–Kier alpha value is -4.22. The molecule has 0 radical (unpaired) electrons. The number of hydrogen-bond acceptors (Lipinski definition) is 6. The molecule has 0 saturated carbocycles. The van der Waals surface area contributed by atoms with Gasteiger partial charge in [-0.15, -0.1) is 0 Å². The summed E-state index contributed by atoms with van der Waals surface area (Å²) >= 11 is 0. The van der Waals surface area contributed by atoms with E-state index < -0.39 is 48.1 Å². The van der Waals surface area contributed by atoms with Crippen molar-refractivity contribution >= 4 is 34.6 Å². The molecular formula is C36H49N5O6. The summed E-state index contributed by atoms with van der Waals surface area (Å²) in [6.07, 6.45) is 2.13. The van der Waals surface area contributed by atoms with Gasteiger partial charge in [-0.2, -0.15) is 0 Å². The fourth-order valence-corrected chi connectivity index (χ4v) is 6.40. The predicted molar refractivity (Wildman–Crippen MR) is 180 cm³/mol. The Morgan fingerprint density at radius 3 is 2.30 bits per heavy atom. The van der Waals surface area contributed by atoms with Gasteiger partial charge in [-0.25, -0.2) is 4.79 Å². The molecule has 47 heavy (non-hydrogen) atoms. The number of rotatable bonds is 15. The number of aliphatic carboxylic acids is 1. The lowest BCUT2D eigenvalue weighted by Gasteiger charge is -2.33. The van der Waals surface area contributed by atoms with Crippen molar-refractivity contribution in [1.82, 2.24) is 20.5 Å². The van der Waals surface area contributed by atoms with E-state index in [1.165, 1.54) is 4.90 Å². The zero-order valence-electron chi connectivity index (χ0n) is 27.7. The number of nitrogens with one attached hydrogen (secondary N) is 3. The molecule has 11 heteroatoms. The van der Waals surface area contributed by atoms with Gasteiger partial charge < -0.3 is 36.5 Å². The van der Waals surface area contributed by atoms with E-state index in [1.54, 1.807) is 6.20 Å². The van der Waals surface area contributed by atoms with Gasteiger partial charge in [-0.05, 0) is 54.7 Å². The first-order valence-corrected chi connectivity index (χ1v) is 16.5. The lowest BCUT2D eigenvalue weighted by Crippen LogP contribution is -2.55. The molecule has 2 aromatic carbocycles. The minimum absolute atomic E-state index is 0.0525. The van der Waals surface area contributed by atoms with Crippen LogP contribution in [0.1, 0.15) is 58.1 Å². The van der Waals surface area contributed by atoms with E-state index in [1.807, 2.05) is 82.3 Å². The Morgan fingerprint density at radius 2 is 1.64 bits per heavy atom. The van der Waals surface area contributed by atoms with Gasteiger partial charge in [-0.3, -0.25) is 14.4 Å². The van der Waals surface area contributed by atoms with Crippen LogP contribution < -0.4 is 16.4 Å². The molecule has 2 heterocycles. The second-order valence-electron chi connectivity index (χ2n) is 13.4. The number of amides is 3. The highest BCUT2D eigenvalue weighted by Gasteiger charge is 2.40. The molecular weight excluding hydrogens is 598 g/mol. The van der Waals surface area contributed by atoms with Gasteiger partial charge in [0.15, 0.2) is 0 Å². The van der Waals surface area contributed by atoms with Crippen molar-refractivity contribution in [2.24, 2.45) is 23.5 Å². The van der Waals surface area contributed by atoms with Crippen LogP contribution in [-0.2, 0) is 32.0 Å². The first kappa shape index (κ1) is 35.6. The molecule has 3 aromatic rings. The molecule has 0 spiro atoms. The molecule has 0 unspecified atom stereocenters. The highest BCUT2D eigenvalue weighted by Crippen LogP contribution is 2.27. The summed E-state index contributed by atoms with van der Waals surface area (Å²) in [6.45, 7) is 7.82. The zero-order chi connectivity index (χ0) is 34.2. The summed E-state index contributed by atoms with van der Waals surface area (Å²) < 4.78 is 0. The third-order valence-corrected chi connectivity index (χ3v) is 9.21. The normalized spacial score (nSPS) is 18.1. The predicted octanol–water partition coefficient (Wildman–Crippen LogP) is 3.00. The molecule has 1 saturated heterocycles. The van der Waals surface area contributed by atoms with Crippen LogP contribution in [0.15, 0.2) is 60.8 Å². The number of fused-ring (bicyclic) bond motifs is 1. The van der Waals surface area contributed by atoms with Gasteiger partial charge in [0.2, 0.25) is 17.7 Å². The Morgan fingerprint density at radius 1 is 0.957 bits per heavy atom. The number of aromatic amines is 1. The van der Waals surface area contributed by atoms with E-state index in [-0.39, 0.29) is 36.5 Å². The number of carboxylic acids is 1. The quantitative estimate of drug-likeness (QED) is 0.147. The topological polar surface area (TPSA) is 178 Å². The first-order valence-electron chi connectivity index (χ1n) is 16.5. The average molecular weight is 648 g/mol. The maximum atomic E-state index is 14.2. The smallest absolute Gasteiger partial charge is 0.326 e. The van der Waals surface area contributed by atoms with Crippen molar-refractivity contribution in [2.45, 2.75) is 90.1 Å². The number of benzene rings is 2. The Kier molecular flexibility index (Phi) is 12.2. The molecule has 1 aromatic heterocycles. The number of aliphatic hydroxyl groups excluding tert-OH is 1. The molecule has 254 valence electrons. The number of hydrogen-bond donors (Lipinski definition) is 6. The molecule has 6 atom stereocenters. The number of nitrogens with zero attached hydrogens (tertiary/aromatic N) is 1. The Balaban J connectivity index is 1.52. The van der Waals surface area contributed by atoms with E-state index in [0.717, 1.165) is 22.0 Å². The maximum absolute atomic E-state index is 14.2. The van der Waals surface area contributed by atoms with Gasteiger partial charge in [0.05, 0.1) is 18.2 Å². The second-order valence-corrected chi connectivity index (χ2v) is 13.4. The van der Waals surface area contributed by atoms with E-state index in [2.05, 4.69) is 15.6 Å². The summed E-state index contributed by atoms with van der Waals surface area (Å²) in [5, 5.41) is 28.0. The molecule has 1 fully saturated rings. The fraction of sp³-hybridized carbons (Fsp3) is 0.500. The largest absolute Gasteiger partial charge is 0.480 e. The summed E-state index contributed by atoms with van der Waals surface area (Å²) in [6, 6.07) is 13.6.